The molecule has 1 aliphatic heterocycles. The first kappa shape index (κ1) is 16.6. The molecular weight excluding hydrogens is 326 g/mol. The zero-order chi connectivity index (χ0) is 17.8. The summed E-state index contributed by atoms with van der Waals surface area (Å²) >= 11 is 0. The lowest BCUT2D eigenvalue weighted by atomic mass is 10.1. The molecule has 26 heavy (non-hydrogen) atoms. The van der Waals surface area contributed by atoms with E-state index in [2.05, 4.69) is 27.2 Å². The summed E-state index contributed by atoms with van der Waals surface area (Å²) in [6.07, 6.45) is 4.30. The molecule has 0 saturated carbocycles. The fraction of sp³-hybridized carbons (Fsp3) is 0.350. The summed E-state index contributed by atoms with van der Waals surface area (Å²) in [6.45, 7) is 3.21. The number of rotatable bonds is 4. The summed E-state index contributed by atoms with van der Waals surface area (Å²) < 4.78 is 2.01. The van der Waals surface area contributed by atoms with Gasteiger partial charge >= 0.3 is 0 Å². The van der Waals surface area contributed by atoms with Crippen LogP contribution in [0.25, 0.3) is 5.65 Å². The van der Waals surface area contributed by atoms with Crippen molar-refractivity contribution < 1.29 is 4.79 Å². The van der Waals surface area contributed by atoms with Gasteiger partial charge in [0.15, 0.2) is 5.65 Å². The molecule has 1 aromatic carbocycles. The predicted molar refractivity (Wildman–Crippen MR) is 101 cm³/mol. The van der Waals surface area contributed by atoms with Crippen molar-refractivity contribution in [2.45, 2.75) is 19.3 Å². The van der Waals surface area contributed by atoms with Crippen molar-refractivity contribution >= 4 is 17.5 Å². The van der Waals surface area contributed by atoms with Crippen molar-refractivity contribution in [1.29, 1.82) is 0 Å². The van der Waals surface area contributed by atoms with Crippen LogP contribution in [-0.4, -0.2) is 51.6 Å². The van der Waals surface area contributed by atoms with Crippen LogP contribution >= 0.6 is 0 Å². The number of carbonyl (C=O) groups is 1. The first-order chi connectivity index (χ1) is 12.8. The molecule has 0 atom stereocenters. The quantitative estimate of drug-likeness (QED) is 0.726. The van der Waals surface area contributed by atoms with E-state index < -0.39 is 0 Å². The highest BCUT2D eigenvalue weighted by atomic mass is 16.2. The van der Waals surface area contributed by atoms with Gasteiger partial charge in [-0.3, -0.25) is 9.20 Å². The van der Waals surface area contributed by atoms with Crippen molar-refractivity contribution in [2.75, 3.05) is 31.1 Å². The predicted octanol–water partition coefficient (Wildman–Crippen LogP) is 2.40. The molecule has 1 amide bonds. The van der Waals surface area contributed by atoms with Gasteiger partial charge in [0.1, 0.15) is 0 Å². The second-order valence-electron chi connectivity index (χ2n) is 6.64. The number of pyridine rings is 1. The van der Waals surface area contributed by atoms with Gasteiger partial charge in [0.25, 0.3) is 0 Å². The second kappa shape index (κ2) is 7.56. The van der Waals surface area contributed by atoms with Gasteiger partial charge in [0, 0.05) is 38.8 Å². The van der Waals surface area contributed by atoms with E-state index in [1.165, 1.54) is 5.56 Å². The summed E-state index contributed by atoms with van der Waals surface area (Å²) in [5.41, 5.74) is 2.06. The van der Waals surface area contributed by atoms with Crippen LogP contribution < -0.4 is 4.90 Å². The van der Waals surface area contributed by atoms with E-state index >= 15 is 0 Å². The summed E-state index contributed by atoms with van der Waals surface area (Å²) in [7, 11) is 0. The maximum Gasteiger partial charge on any atom is 0.231 e. The fourth-order valence-corrected chi connectivity index (χ4v) is 3.47. The minimum absolute atomic E-state index is 0.238. The maximum atomic E-state index is 12.6. The summed E-state index contributed by atoms with van der Waals surface area (Å²) in [4.78, 5) is 16.8. The molecule has 6 heteroatoms. The number of fused-ring (bicyclic) bond motifs is 1. The molecule has 6 nitrogen and oxygen atoms in total. The third kappa shape index (κ3) is 3.54. The van der Waals surface area contributed by atoms with E-state index in [0.717, 1.165) is 50.6 Å². The molecule has 1 fully saturated rings. The molecule has 4 rings (SSSR count). The van der Waals surface area contributed by atoms with E-state index in [0.29, 0.717) is 6.42 Å². The molecule has 0 unspecified atom stereocenters. The van der Waals surface area contributed by atoms with E-state index in [-0.39, 0.29) is 5.91 Å². The van der Waals surface area contributed by atoms with Crippen LogP contribution in [0.3, 0.4) is 0 Å². The SMILES string of the molecule is O=C(CCc1ccccc1)N1CCCN(c2nnc3ccccn23)CC1. The van der Waals surface area contributed by atoms with Crippen LogP contribution in [-0.2, 0) is 11.2 Å². The van der Waals surface area contributed by atoms with Crippen molar-refractivity contribution in [3.05, 3.63) is 60.3 Å². The third-order valence-electron chi connectivity index (χ3n) is 4.90. The molecule has 0 spiro atoms. The first-order valence-corrected chi connectivity index (χ1v) is 9.18. The fourth-order valence-electron chi connectivity index (χ4n) is 3.47. The van der Waals surface area contributed by atoms with Crippen LogP contribution in [0.5, 0.6) is 0 Å². The molecule has 0 N–H and O–H groups in total. The zero-order valence-electron chi connectivity index (χ0n) is 14.8. The van der Waals surface area contributed by atoms with Gasteiger partial charge in [-0.2, -0.15) is 0 Å². The molecule has 3 aromatic rings. The summed E-state index contributed by atoms with van der Waals surface area (Å²) in [5, 5.41) is 8.57. The first-order valence-electron chi connectivity index (χ1n) is 9.18. The Morgan fingerprint density at radius 2 is 1.77 bits per heavy atom. The Balaban J connectivity index is 1.38. The smallest absolute Gasteiger partial charge is 0.231 e. The van der Waals surface area contributed by atoms with Crippen LogP contribution in [0.4, 0.5) is 5.95 Å². The second-order valence-corrected chi connectivity index (χ2v) is 6.64. The van der Waals surface area contributed by atoms with Crippen LogP contribution in [0.2, 0.25) is 0 Å². The molecule has 0 aliphatic carbocycles. The van der Waals surface area contributed by atoms with Crippen LogP contribution in [0.15, 0.2) is 54.7 Å². The van der Waals surface area contributed by atoms with E-state index in [9.17, 15) is 4.79 Å². The van der Waals surface area contributed by atoms with E-state index in [1.54, 1.807) is 0 Å². The Kier molecular flexibility index (Phi) is 4.82. The molecule has 1 saturated heterocycles. The Bertz CT molecular complexity index is 876. The summed E-state index contributed by atoms with van der Waals surface area (Å²) in [6, 6.07) is 16.1. The lowest BCUT2D eigenvalue weighted by Crippen LogP contribution is -2.35. The number of aryl methyl sites for hydroxylation is 1. The lowest BCUT2D eigenvalue weighted by molar-refractivity contribution is -0.130. The van der Waals surface area contributed by atoms with Gasteiger partial charge in [0.2, 0.25) is 11.9 Å². The molecule has 1 aliphatic rings. The normalized spacial score (nSPS) is 15.2. The molecule has 0 radical (unpaired) electrons. The average Bonchev–Trinajstić information content (AvgIpc) is 2.96. The monoisotopic (exact) mass is 349 g/mol. The summed E-state index contributed by atoms with van der Waals surface area (Å²) in [5.74, 6) is 1.10. The molecular formula is C20H23N5O. The lowest BCUT2D eigenvalue weighted by Gasteiger charge is -2.22. The van der Waals surface area contributed by atoms with Gasteiger partial charge in [-0.1, -0.05) is 36.4 Å². The molecule has 2 aromatic heterocycles. The van der Waals surface area contributed by atoms with Gasteiger partial charge in [0.05, 0.1) is 0 Å². The zero-order valence-corrected chi connectivity index (χ0v) is 14.8. The molecule has 3 heterocycles. The Morgan fingerprint density at radius 1 is 0.923 bits per heavy atom. The number of anilines is 1. The number of carbonyl (C=O) groups excluding carboxylic acids is 1. The molecule has 134 valence electrons. The number of benzene rings is 1. The van der Waals surface area contributed by atoms with Crippen LogP contribution in [0.1, 0.15) is 18.4 Å². The minimum atomic E-state index is 0.238. The highest BCUT2D eigenvalue weighted by molar-refractivity contribution is 5.76. The standard InChI is InChI=1S/C20H23N5O/c26-19(11-10-17-7-2-1-3-8-17)23-12-6-13-24(16-15-23)20-22-21-18-9-4-5-14-25(18)20/h1-5,7-9,14H,6,10-13,15-16H2. The van der Waals surface area contributed by atoms with Gasteiger partial charge in [-0.05, 0) is 30.5 Å². The van der Waals surface area contributed by atoms with Crippen molar-refractivity contribution in [3.8, 4) is 0 Å². The van der Waals surface area contributed by atoms with Crippen LogP contribution in [0, 0.1) is 0 Å². The highest BCUT2D eigenvalue weighted by Crippen LogP contribution is 2.16. The van der Waals surface area contributed by atoms with Crippen molar-refractivity contribution in [1.82, 2.24) is 19.5 Å². The molecule has 0 bridgehead atoms. The largest absolute Gasteiger partial charge is 0.341 e. The third-order valence-corrected chi connectivity index (χ3v) is 4.90. The van der Waals surface area contributed by atoms with Gasteiger partial charge in [-0.15, -0.1) is 10.2 Å². The number of aromatic nitrogens is 3. The number of hydrogen-bond acceptors (Lipinski definition) is 4. The van der Waals surface area contributed by atoms with Crippen molar-refractivity contribution in [2.24, 2.45) is 0 Å². The van der Waals surface area contributed by atoms with Crippen molar-refractivity contribution in [3.63, 3.8) is 0 Å². The number of hydrogen-bond donors (Lipinski definition) is 0. The number of amides is 1. The number of nitrogens with zero attached hydrogens (tertiary/aromatic N) is 5. The highest BCUT2D eigenvalue weighted by Gasteiger charge is 2.21. The maximum absolute atomic E-state index is 12.6. The van der Waals surface area contributed by atoms with Gasteiger partial charge in [-0.25, -0.2) is 0 Å². The topological polar surface area (TPSA) is 53.7 Å². The van der Waals surface area contributed by atoms with E-state index in [4.69, 9.17) is 0 Å². The Morgan fingerprint density at radius 3 is 2.65 bits per heavy atom. The Labute approximate surface area is 153 Å². The van der Waals surface area contributed by atoms with Gasteiger partial charge < -0.3 is 9.80 Å². The van der Waals surface area contributed by atoms with E-state index in [1.807, 2.05) is 51.9 Å². The Hall–Kier alpha value is -2.89. The average molecular weight is 349 g/mol. The minimum Gasteiger partial charge on any atom is -0.341 e.